The summed E-state index contributed by atoms with van der Waals surface area (Å²) in [5.41, 5.74) is 1.84. The Morgan fingerprint density at radius 1 is 0.531 bits per heavy atom. The molecule has 32 heavy (non-hydrogen) atoms. The van der Waals surface area contributed by atoms with Crippen LogP contribution in [-0.4, -0.2) is 77.3 Å². The Labute approximate surface area is 186 Å². The van der Waals surface area contributed by atoms with Gasteiger partial charge in [-0.15, -0.1) is 0 Å². The van der Waals surface area contributed by atoms with Gasteiger partial charge in [0.05, 0.1) is 26.4 Å². The third-order valence-electron chi connectivity index (χ3n) is 5.53. The first-order chi connectivity index (χ1) is 15.8. The van der Waals surface area contributed by atoms with Crippen LogP contribution in [-0.2, 0) is 18.9 Å². The molecule has 4 saturated heterocycles. The van der Waals surface area contributed by atoms with Crippen molar-refractivity contribution in [3.63, 3.8) is 0 Å². The molecule has 8 heteroatoms. The number of epoxide rings is 4. The number of hydrogen-bond donors (Lipinski definition) is 0. The monoisotopic (exact) mass is 442 g/mol. The molecular weight excluding hydrogens is 416 g/mol. The van der Waals surface area contributed by atoms with Gasteiger partial charge in [-0.05, 0) is 24.3 Å². The molecule has 0 aliphatic carbocycles. The summed E-state index contributed by atoms with van der Waals surface area (Å²) in [6.07, 6.45) is 0.681. The zero-order chi connectivity index (χ0) is 21.3. The molecule has 4 fully saturated rings. The Balaban J connectivity index is 1.26. The fourth-order valence-electron chi connectivity index (χ4n) is 3.27. The number of rotatable bonds is 13. The molecule has 0 amide bonds. The molecule has 0 bridgehead atoms. The molecule has 4 atom stereocenters. The minimum atomic E-state index is 0.149. The topological polar surface area (TPSA) is 87.0 Å². The second-order valence-corrected chi connectivity index (χ2v) is 8.38. The molecule has 0 N–H and O–H groups in total. The van der Waals surface area contributed by atoms with E-state index in [1.165, 1.54) is 0 Å². The van der Waals surface area contributed by atoms with Gasteiger partial charge in [0.25, 0.3) is 0 Å². The molecule has 0 aromatic heterocycles. The summed E-state index contributed by atoms with van der Waals surface area (Å²) in [5, 5.41) is 0. The van der Waals surface area contributed by atoms with Crippen LogP contribution in [0.3, 0.4) is 0 Å². The summed E-state index contributed by atoms with van der Waals surface area (Å²) in [6, 6.07) is 11.7. The molecule has 2 aromatic carbocycles. The third-order valence-corrected chi connectivity index (χ3v) is 5.53. The Morgan fingerprint density at radius 3 is 1.22 bits per heavy atom. The highest BCUT2D eigenvalue weighted by molar-refractivity contribution is 5.77. The first-order valence-corrected chi connectivity index (χ1v) is 11.1. The van der Waals surface area contributed by atoms with Crippen molar-refractivity contribution in [3.8, 4) is 34.1 Å². The predicted octanol–water partition coefficient (Wildman–Crippen LogP) is 2.46. The second kappa shape index (κ2) is 8.78. The van der Waals surface area contributed by atoms with Gasteiger partial charge in [0, 0.05) is 23.3 Å². The average molecular weight is 442 g/mol. The van der Waals surface area contributed by atoms with Gasteiger partial charge in [0.1, 0.15) is 73.8 Å². The molecular formula is C24H26O8. The van der Waals surface area contributed by atoms with E-state index in [2.05, 4.69) is 0 Å². The van der Waals surface area contributed by atoms with Crippen LogP contribution in [0, 0.1) is 0 Å². The van der Waals surface area contributed by atoms with Gasteiger partial charge in [-0.2, -0.15) is 0 Å². The van der Waals surface area contributed by atoms with Gasteiger partial charge in [0.2, 0.25) is 0 Å². The molecule has 4 aliphatic heterocycles. The van der Waals surface area contributed by atoms with Crippen molar-refractivity contribution in [2.24, 2.45) is 0 Å². The van der Waals surface area contributed by atoms with Crippen LogP contribution in [0.15, 0.2) is 36.4 Å². The van der Waals surface area contributed by atoms with E-state index in [1.807, 2.05) is 36.4 Å². The Kier molecular flexibility index (Phi) is 5.52. The zero-order valence-corrected chi connectivity index (χ0v) is 17.7. The number of hydrogen-bond acceptors (Lipinski definition) is 8. The van der Waals surface area contributed by atoms with Crippen molar-refractivity contribution in [1.82, 2.24) is 0 Å². The highest BCUT2D eigenvalue weighted by atomic mass is 16.6. The first-order valence-electron chi connectivity index (χ1n) is 11.1. The third kappa shape index (κ3) is 5.45. The quantitative estimate of drug-likeness (QED) is 0.437. The maximum atomic E-state index is 6.12. The SMILES string of the molecule is c1cc(-c2ccc(OCC3CO3)cc2OCC2CO2)c(OCC2CO2)cc1OCC1CO1. The van der Waals surface area contributed by atoms with Crippen LogP contribution in [0.2, 0.25) is 0 Å². The normalized spacial score (nSPS) is 26.9. The van der Waals surface area contributed by atoms with Gasteiger partial charge in [-0.25, -0.2) is 0 Å². The van der Waals surface area contributed by atoms with E-state index in [4.69, 9.17) is 37.9 Å². The maximum absolute atomic E-state index is 6.12. The van der Waals surface area contributed by atoms with Gasteiger partial charge in [0.15, 0.2) is 0 Å². The van der Waals surface area contributed by atoms with Crippen molar-refractivity contribution in [3.05, 3.63) is 36.4 Å². The summed E-state index contributed by atoms with van der Waals surface area (Å²) < 4.78 is 45.1. The summed E-state index contributed by atoms with van der Waals surface area (Å²) in [5.74, 6) is 2.94. The van der Waals surface area contributed by atoms with E-state index in [0.29, 0.717) is 26.4 Å². The van der Waals surface area contributed by atoms with Gasteiger partial charge >= 0.3 is 0 Å². The zero-order valence-electron chi connectivity index (χ0n) is 17.7. The van der Waals surface area contributed by atoms with E-state index in [0.717, 1.165) is 60.6 Å². The highest BCUT2D eigenvalue weighted by Gasteiger charge is 2.27. The van der Waals surface area contributed by atoms with Gasteiger partial charge < -0.3 is 37.9 Å². The van der Waals surface area contributed by atoms with Gasteiger partial charge in [-0.3, -0.25) is 0 Å². The molecule has 0 spiro atoms. The molecule has 4 unspecified atom stereocenters. The highest BCUT2D eigenvalue weighted by Crippen LogP contribution is 2.41. The summed E-state index contributed by atoms with van der Waals surface area (Å²) in [7, 11) is 0. The molecule has 0 saturated carbocycles. The van der Waals surface area contributed by atoms with Crippen LogP contribution in [0.5, 0.6) is 23.0 Å². The average Bonchev–Trinajstić information content (AvgIpc) is 3.65. The predicted molar refractivity (Wildman–Crippen MR) is 113 cm³/mol. The van der Waals surface area contributed by atoms with Crippen molar-refractivity contribution < 1.29 is 37.9 Å². The summed E-state index contributed by atoms with van der Waals surface area (Å²) in [6.45, 7) is 5.05. The van der Waals surface area contributed by atoms with Crippen LogP contribution in [0.25, 0.3) is 11.1 Å². The van der Waals surface area contributed by atoms with E-state index in [-0.39, 0.29) is 24.4 Å². The molecule has 6 rings (SSSR count). The fourth-order valence-corrected chi connectivity index (χ4v) is 3.27. The minimum absolute atomic E-state index is 0.149. The number of ether oxygens (including phenoxy) is 8. The van der Waals surface area contributed by atoms with Crippen LogP contribution >= 0.6 is 0 Å². The lowest BCUT2D eigenvalue weighted by Gasteiger charge is -2.17. The largest absolute Gasteiger partial charge is 0.491 e. The molecule has 2 aromatic rings. The van der Waals surface area contributed by atoms with Crippen LogP contribution in [0.1, 0.15) is 0 Å². The Hall–Kier alpha value is -2.52. The Morgan fingerprint density at radius 2 is 0.875 bits per heavy atom. The van der Waals surface area contributed by atoms with E-state index in [1.54, 1.807) is 0 Å². The Bertz CT molecular complexity index is 870. The lowest BCUT2D eigenvalue weighted by atomic mass is 10.0. The molecule has 4 aliphatic rings. The lowest BCUT2D eigenvalue weighted by Crippen LogP contribution is -2.08. The minimum Gasteiger partial charge on any atom is -0.491 e. The standard InChI is InChI=1S/C24H26O8/c1-3-21(23(31-13-19-11-29-19)5-15(1)25-7-17-9-27-17)22-4-2-16(26-8-18-10-28-18)6-24(22)32-14-20-12-30-20/h1-6,17-20H,7-14H2. The fraction of sp³-hybridized carbons (Fsp3) is 0.500. The molecule has 4 heterocycles. The van der Waals surface area contributed by atoms with E-state index in [9.17, 15) is 0 Å². The lowest BCUT2D eigenvalue weighted by molar-refractivity contribution is 0.251. The van der Waals surface area contributed by atoms with Crippen molar-refractivity contribution in [2.75, 3.05) is 52.9 Å². The smallest absolute Gasteiger partial charge is 0.131 e. The molecule has 0 radical (unpaired) electrons. The summed E-state index contributed by atoms with van der Waals surface area (Å²) in [4.78, 5) is 0. The van der Waals surface area contributed by atoms with Gasteiger partial charge in [-0.1, -0.05) is 0 Å². The molecule has 170 valence electrons. The van der Waals surface area contributed by atoms with E-state index >= 15 is 0 Å². The van der Waals surface area contributed by atoms with Crippen molar-refractivity contribution >= 4 is 0 Å². The molecule has 8 nitrogen and oxygen atoms in total. The van der Waals surface area contributed by atoms with Crippen LogP contribution < -0.4 is 18.9 Å². The first kappa shape index (κ1) is 20.1. The van der Waals surface area contributed by atoms with Crippen LogP contribution in [0.4, 0.5) is 0 Å². The second-order valence-electron chi connectivity index (χ2n) is 8.38. The van der Waals surface area contributed by atoms with E-state index < -0.39 is 0 Å². The van der Waals surface area contributed by atoms with Crippen molar-refractivity contribution in [1.29, 1.82) is 0 Å². The number of benzene rings is 2. The maximum Gasteiger partial charge on any atom is 0.131 e. The van der Waals surface area contributed by atoms with Crippen molar-refractivity contribution in [2.45, 2.75) is 24.4 Å². The summed E-state index contributed by atoms with van der Waals surface area (Å²) >= 11 is 0.